The van der Waals surface area contributed by atoms with E-state index in [0.717, 1.165) is 38.5 Å². The summed E-state index contributed by atoms with van der Waals surface area (Å²) in [6, 6.07) is 0. The van der Waals surface area contributed by atoms with Crippen LogP contribution in [-0.4, -0.2) is 33.2 Å². The van der Waals surface area contributed by atoms with Gasteiger partial charge in [0.15, 0.2) is 0 Å². The molecule has 132 valence electrons. The average molecular weight is 358 g/mol. The average Bonchev–Trinajstić information content (AvgIpc) is 2.41. The van der Waals surface area contributed by atoms with Gasteiger partial charge in [0.2, 0.25) is 0 Å². The first kappa shape index (κ1) is 29.0. The van der Waals surface area contributed by atoms with E-state index in [2.05, 4.69) is 0 Å². The van der Waals surface area contributed by atoms with Crippen molar-refractivity contribution in [3.8, 4) is 0 Å². The van der Waals surface area contributed by atoms with Gasteiger partial charge in [0, 0.05) is 36.6 Å². The Morgan fingerprint density at radius 2 is 0.773 bits per heavy atom. The number of carboxylic acids is 3. The van der Waals surface area contributed by atoms with Gasteiger partial charge >= 0.3 is 17.9 Å². The van der Waals surface area contributed by atoms with Crippen LogP contribution in [0.5, 0.6) is 0 Å². The Hall–Kier alpha value is -1.06. The van der Waals surface area contributed by atoms with Crippen LogP contribution < -0.4 is 0 Å². The topological polar surface area (TPSA) is 112 Å². The zero-order chi connectivity index (χ0) is 17.1. The molecule has 0 saturated heterocycles. The number of carboxylic acid groups (broad SMARTS) is 3. The molecular weight excluding hydrogens is 328 g/mol. The number of carbonyl (C=O) groups is 3. The van der Waals surface area contributed by atoms with E-state index in [-0.39, 0.29) is 17.4 Å². The molecule has 0 aromatic rings. The van der Waals surface area contributed by atoms with Crippen molar-refractivity contribution in [3.05, 3.63) is 0 Å². The second kappa shape index (κ2) is 24.9. The van der Waals surface area contributed by atoms with Gasteiger partial charge in [-0.05, 0) is 19.3 Å². The monoisotopic (exact) mass is 358 g/mol. The predicted octanol–water partition coefficient (Wildman–Crippen LogP) is 3.78. The summed E-state index contributed by atoms with van der Waals surface area (Å²) in [5.41, 5.74) is 0. The molecule has 0 atom stereocenters. The SMILES string of the molecule is CCCCC(=O)O.CCCCC(=O)O.CCCCC(=O)O.[Cr]. The molecule has 3 N–H and O–H groups in total. The molecule has 0 aromatic carbocycles. The van der Waals surface area contributed by atoms with Crippen molar-refractivity contribution in [2.24, 2.45) is 0 Å². The van der Waals surface area contributed by atoms with Crippen LogP contribution >= 0.6 is 0 Å². The fourth-order valence-electron chi connectivity index (χ4n) is 0.984. The minimum Gasteiger partial charge on any atom is -0.481 e. The smallest absolute Gasteiger partial charge is 0.303 e. The van der Waals surface area contributed by atoms with Crippen molar-refractivity contribution in [1.29, 1.82) is 0 Å². The Kier molecular flexibility index (Phi) is 32.9. The molecule has 0 saturated carbocycles. The van der Waals surface area contributed by atoms with Crippen LogP contribution in [0.3, 0.4) is 0 Å². The van der Waals surface area contributed by atoms with Gasteiger partial charge in [-0.25, -0.2) is 0 Å². The molecule has 0 aliphatic heterocycles. The van der Waals surface area contributed by atoms with E-state index in [0.29, 0.717) is 19.3 Å². The normalized spacial score (nSPS) is 8.32. The Labute approximate surface area is 144 Å². The number of hydrogen-bond acceptors (Lipinski definition) is 3. The zero-order valence-corrected chi connectivity index (χ0v) is 15.1. The molecule has 0 amide bonds. The number of hydrogen-bond donors (Lipinski definition) is 3. The molecule has 0 unspecified atom stereocenters. The summed E-state index contributed by atoms with van der Waals surface area (Å²) < 4.78 is 0. The van der Waals surface area contributed by atoms with Crippen LogP contribution in [0.4, 0.5) is 0 Å². The first-order valence-electron chi connectivity index (χ1n) is 7.47. The van der Waals surface area contributed by atoms with Gasteiger partial charge in [-0.3, -0.25) is 14.4 Å². The molecule has 6 nitrogen and oxygen atoms in total. The molecule has 0 bridgehead atoms. The van der Waals surface area contributed by atoms with Crippen molar-refractivity contribution in [3.63, 3.8) is 0 Å². The van der Waals surface area contributed by atoms with Crippen LogP contribution in [0.1, 0.15) is 78.6 Å². The zero-order valence-electron chi connectivity index (χ0n) is 13.8. The minimum absolute atomic E-state index is 0. The maximum absolute atomic E-state index is 9.76. The Morgan fingerprint density at radius 1 is 0.591 bits per heavy atom. The second-order valence-electron chi connectivity index (χ2n) is 4.49. The van der Waals surface area contributed by atoms with E-state index < -0.39 is 17.9 Å². The fraction of sp³-hybridized carbons (Fsp3) is 0.800. The van der Waals surface area contributed by atoms with Gasteiger partial charge in [-0.15, -0.1) is 0 Å². The molecule has 0 spiro atoms. The molecule has 0 fully saturated rings. The quantitative estimate of drug-likeness (QED) is 0.578. The fourth-order valence-corrected chi connectivity index (χ4v) is 0.984. The third-order valence-corrected chi connectivity index (χ3v) is 2.23. The third kappa shape index (κ3) is 50.9. The number of unbranched alkanes of at least 4 members (excludes halogenated alkanes) is 3. The van der Waals surface area contributed by atoms with E-state index in [1.54, 1.807) is 0 Å². The van der Waals surface area contributed by atoms with Gasteiger partial charge in [-0.2, -0.15) is 0 Å². The molecule has 0 aliphatic rings. The largest absolute Gasteiger partial charge is 0.481 e. The van der Waals surface area contributed by atoms with Gasteiger partial charge in [0.05, 0.1) is 0 Å². The molecule has 0 heterocycles. The Morgan fingerprint density at radius 3 is 0.818 bits per heavy atom. The van der Waals surface area contributed by atoms with Gasteiger partial charge < -0.3 is 15.3 Å². The Balaban J connectivity index is -0.000000108. The number of rotatable bonds is 9. The maximum Gasteiger partial charge on any atom is 0.303 e. The predicted molar refractivity (Wildman–Crippen MR) is 81.5 cm³/mol. The van der Waals surface area contributed by atoms with Crippen LogP contribution in [-0.2, 0) is 31.7 Å². The Bertz CT molecular complexity index is 226. The second-order valence-corrected chi connectivity index (χ2v) is 4.49. The first-order chi connectivity index (χ1) is 9.81. The van der Waals surface area contributed by atoms with Crippen molar-refractivity contribution < 1.29 is 47.1 Å². The van der Waals surface area contributed by atoms with E-state index in [1.807, 2.05) is 20.8 Å². The van der Waals surface area contributed by atoms with Gasteiger partial charge in [-0.1, -0.05) is 40.0 Å². The van der Waals surface area contributed by atoms with Crippen LogP contribution in [0, 0.1) is 0 Å². The summed E-state index contributed by atoms with van der Waals surface area (Å²) in [5, 5.41) is 24.1. The van der Waals surface area contributed by atoms with E-state index in [9.17, 15) is 14.4 Å². The molecule has 7 heteroatoms. The van der Waals surface area contributed by atoms with E-state index in [1.165, 1.54) is 0 Å². The third-order valence-electron chi connectivity index (χ3n) is 2.23. The summed E-state index contributed by atoms with van der Waals surface area (Å²) >= 11 is 0. The van der Waals surface area contributed by atoms with Gasteiger partial charge in [0.25, 0.3) is 0 Å². The summed E-state index contributed by atoms with van der Waals surface area (Å²) in [7, 11) is 0. The molecule has 0 aliphatic carbocycles. The standard InChI is InChI=1S/3C5H10O2.Cr/c3*1-2-3-4-5(6)7;/h3*2-4H2,1H3,(H,6,7);. The minimum atomic E-state index is -0.693. The maximum atomic E-state index is 9.76. The van der Waals surface area contributed by atoms with E-state index in [4.69, 9.17) is 15.3 Å². The number of aliphatic carboxylic acids is 3. The van der Waals surface area contributed by atoms with Crippen LogP contribution in [0.15, 0.2) is 0 Å². The van der Waals surface area contributed by atoms with Crippen molar-refractivity contribution in [2.75, 3.05) is 0 Å². The molecule has 22 heavy (non-hydrogen) atoms. The summed E-state index contributed by atoms with van der Waals surface area (Å²) in [6.45, 7) is 5.93. The van der Waals surface area contributed by atoms with Crippen molar-refractivity contribution in [2.45, 2.75) is 78.6 Å². The summed E-state index contributed by atoms with van der Waals surface area (Å²) in [6.07, 6.45) is 6.24. The van der Waals surface area contributed by atoms with Crippen molar-refractivity contribution >= 4 is 17.9 Å². The molecule has 0 radical (unpaired) electrons. The van der Waals surface area contributed by atoms with Crippen LogP contribution in [0.25, 0.3) is 0 Å². The first-order valence-corrected chi connectivity index (χ1v) is 7.47. The van der Waals surface area contributed by atoms with Crippen LogP contribution in [0.2, 0.25) is 0 Å². The summed E-state index contributed by atoms with van der Waals surface area (Å²) in [5.74, 6) is -2.08. The molecule has 0 aromatic heterocycles. The van der Waals surface area contributed by atoms with Gasteiger partial charge in [0.1, 0.15) is 0 Å². The van der Waals surface area contributed by atoms with Crippen molar-refractivity contribution in [1.82, 2.24) is 0 Å². The van der Waals surface area contributed by atoms with E-state index >= 15 is 0 Å². The summed E-state index contributed by atoms with van der Waals surface area (Å²) in [4.78, 5) is 29.3. The molecular formula is C15H30CrO6. The molecule has 0 rings (SSSR count).